The Labute approximate surface area is 122 Å². The Kier molecular flexibility index (Phi) is 5.86. The zero-order valence-electron chi connectivity index (χ0n) is 12.9. The maximum absolute atomic E-state index is 5.80. The van der Waals surface area contributed by atoms with Crippen LogP contribution in [0, 0.1) is 0 Å². The van der Waals surface area contributed by atoms with Crippen LogP contribution in [0.15, 0.2) is 24.3 Å². The molecule has 3 atom stereocenters. The Morgan fingerprint density at radius 1 is 1.30 bits per heavy atom. The second kappa shape index (κ2) is 7.65. The third kappa shape index (κ3) is 4.50. The highest BCUT2D eigenvalue weighted by atomic mass is 16.5. The molecule has 1 aliphatic heterocycles. The van der Waals surface area contributed by atoms with Crippen molar-refractivity contribution in [3.63, 3.8) is 0 Å². The first-order valence-corrected chi connectivity index (χ1v) is 7.80. The van der Waals surface area contributed by atoms with E-state index in [1.807, 2.05) is 0 Å². The molecule has 2 rings (SSSR count). The molecule has 0 aromatic heterocycles. The molecule has 0 bridgehead atoms. The van der Waals surface area contributed by atoms with Crippen LogP contribution < -0.4 is 10.1 Å². The monoisotopic (exact) mass is 277 g/mol. The van der Waals surface area contributed by atoms with Gasteiger partial charge in [0.1, 0.15) is 5.75 Å². The molecule has 1 aliphatic rings. The molecule has 1 heterocycles. The summed E-state index contributed by atoms with van der Waals surface area (Å²) in [6, 6.07) is 8.75. The van der Waals surface area contributed by atoms with Crippen molar-refractivity contribution < 1.29 is 9.47 Å². The summed E-state index contributed by atoms with van der Waals surface area (Å²) in [6.07, 6.45) is 4.08. The minimum absolute atomic E-state index is 0.274. The van der Waals surface area contributed by atoms with Gasteiger partial charge in [0.15, 0.2) is 0 Å². The molecule has 1 fully saturated rings. The van der Waals surface area contributed by atoms with Crippen LogP contribution >= 0.6 is 0 Å². The van der Waals surface area contributed by atoms with Gasteiger partial charge >= 0.3 is 0 Å². The highest BCUT2D eigenvalue weighted by Gasteiger charge is 2.16. The van der Waals surface area contributed by atoms with E-state index >= 15 is 0 Å². The molecule has 112 valence electrons. The van der Waals surface area contributed by atoms with Crippen molar-refractivity contribution in [3.8, 4) is 5.75 Å². The average molecular weight is 277 g/mol. The molecular formula is C17H27NO2. The van der Waals surface area contributed by atoms with Crippen molar-refractivity contribution in [2.24, 2.45) is 0 Å². The average Bonchev–Trinajstić information content (AvgIpc) is 2.98. The summed E-state index contributed by atoms with van der Waals surface area (Å²) >= 11 is 0. The van der Waals surface area contributed by atoms with E-state index in [1.54, 1.807) is 0 Å². The summed E-state index contributed by atoms with van der Waals surface area (Å²) < 4.78 is 11.4. The predicted molar refractivity (Wildman–Crippen MR) is 82.2 cm³/mol. The molecule has 20 heavy (non-hydrogen) atoms. The van der Waals surface area contributed by atoms with Crippen LogP contribution in [0.2, 0.25) is 0 Å². The second-order valence-corrected chi connectivity index (χ2v) is 5.67. The molecule has 0 radical (unpaired) electrons. The topological polar surface area (TPSA) is 30.5 Å². The van der Waals surface area contributed by atoms with Crippen molar-refractivity contribution in [1.29, 1.82) is 0 Å². The molecule has 0 amide bonds. The van der Waals surface area contributed by atoms with Gasteiger partial charge in [-0.3, -0.25) is 0 Å². The van der Waals surface area contributed by atoms with Gasteiger partial charge in [-0.15, -0.1) is 0 Å². The first-order chi connectivity index (χ1) is 9.69. The van der Waals surface area contributed by atoms with Gasteiger partial charge in [0, 0.05) is 19.2 Å². The standard InChI is InChI=1S/C17H27NO2/c1-4-13(2)20-16-9-7-15(8-10-16)14(3)18-12-17-6-5-11-19-17/h7-10,13-14,17-18H,4-6,11-12H2,1-3H3/t13-,14+,17+/m1/s1. The van der Waals surface area contributed by atoms with Crippen LogP contribution in [0.1, 0.15) is 51.6 Å². The van der Waals surface area contributed by atoms with Crippen LogP contribution in [0.25, 0.3) is 0 Å². The maximum atomic E-state index is 5.80. The molecule has 1 N–H and O–H groups in total. The third-order valence-electron chi connectivity index (χ3n) is 3.97. The highest BCUT2D eigenvalue weighted by Crippen LogP contribution is 2.20. The Hall–Kier alpha value is -1.06. The maximum Gasteiger partial charge on any atom is 0.119 e. The van der Waals surface area contributed by atoms with Gasteiger partial charge in [-0.25, -0.2) is 0 Å². The molecule has 1 saturated heterocycles. The molecular weight excluding hydrogens is 250 g/mol. The first-order valence-electron chi connectivity index (χ1n) is 7.80. The largest absolute Gasteiger partial charge is 0.491 e. The molecule has 0 saturated carbocycles. The number of rotatable bonds is 7. The lowest BCUT2D eigenvalue weighted by Gasteiger charge is -2.18. The molecule has 1 aromatic carbocycles. The van der Waals surface area contributed by atoms with Crippen LogP contribution in [-0.4, -0.2) is 25.4 Å². The van der Waals surface area contributed by atoms with E-state index in [0.29, 0.717) is 12.1 Å². The van der Waals surface area contributed by atoms with Crippen molar-refractivity contribution in [3.05, 3.63) is 29.8 Å². The van der Waals surface area contributed by atoms with Gasteiger partial charge in [-0.05, 0) is 50.8 Å². The van der Waals surface area contributed by atoms with E-state index in [2.05, 4.69) is 50.4 Å². The van der Waals surface area contributed by atoms with Gasteiger partial charge in [0.25, 0.3) is 0 Å². The Morgan fingerprint density at radius 3 is 2.65 bits per heavy atom. The summed E-state index contributed by atoms with van der Waals surface area (Å²) in [6.45, 7) is 8.28. The summed E-state index contributed by atoms with van der Waals surface area (Å²) in [7, 11) is 0. The lowest BCUT2D eigenvalue weighted by atomic mass is 10.1. The highest BCUT2D eigenvalue weighted by molar-refractivity contribution is 5.29. The normalized spacial score (nSPS) is 21.6. The SMILES string of the molecule is CC[C@@H](C)Oc1ccc([C@H](C)NC[C@@H]2CCCO2)cc1. The second-order valence-electron chi connectivity index (χ2n) is 5.67. The van der Waals surface area contributed by atoms with Gasteiger partial charge in [-0.2, -0.15) is 0 Å². The summed E-state index contributed by atoms with van der Waals surface area (Å²) in [4.78, 5) is 0. The van der Waals surface area contributed by atoms with Crippen LogP contribution in [0.3, 0.4) is 0 Å². The molecule has 3 heteroatoms. The molecule has 3 nitrogen and oxygen atoms in total. The molecule has 0 aliphatic carbocycles. The molecule has 0 unspecified atom stereocenters. The predicted octanol–water partition coefficient (Wildman–Crippen LogP) is 3.69. The lowest BCUT2D eigenvalue weighted by molar-refractivity contribution is 0.108. The van der Waals surface area contributed by atoms with E-state index in [9.17, 15) is 0 Å². The first kappa shape index (κ1) is 15.3. The van der Waals surface area contributed by atoms with Crippen molar-refractivity contribution >= 4 is 0 Å². The fourth-order valence-electron chi connectivity index (χ4n) is 2.38. The minimum atomic E-state index is 0.274. The number of hydrogen-bond donors (Lipinski definition) is 1. The van der Waals surface area contributed by atoms with Crippen LogP contribution in [-0.2, 0) is 4.74 Å². The van der Waals surface area contributed by atoms with Crippen LogP contribution in [0.4, 0.5) is 0 Å². The van der Waals surface area contributed by atoms with Gasteiger partial charge < -0.3 is 14.8 Å². The Balaban J connectivity index is 1.81. The molecule has 0 spiro atoms. The Morgan fingerprint density at radius 2 is 2.05 bits per heavy atom. The minimum Gasteiger partial charge on any atom is -0.491 e. The van der Waals surface area contributed by atoms with E-state index in [4.69, 9.17) is 9.47 Å². The van der Waals surface area contributed by atoms with Gasteiger partial charge in [-0.1, -0.05) is 19.1 Å². The molecule has 1 aromatic rings. The van der Waals surface area contributed by atoms with E-state index < -0.39 is 0 Å². The number of hydrogen-bond acceptors (Lipinski definition) is 3. The quantitative estimate of drug-likeness (QED) is 0.824. The van der Waals surface area contributed by atoms with Crippen molar-refractivity contribution in [2.75, 3.05) is 13.2 Å². The zero-order chi connectivity index (χ0) is 14.4. The summed E-state index contributed by atoms with van der Waals surface area (Å²) in [5, 5.41) is 3.55. The fourth-order valence-corrected chi connectivity index (χ4v) is 2.38. The number of nitrogens with one attached hydrogen (secondary N) is 1. The third-order valence-corrected chi connectivity index (χ3v) is 3.97. The van der Waals surface area contributed by atoms with E-state index in [-0.39, 0.29) is 6.10 Å². The number of ether oxygens (including phenoxy) is 2. The van der Waals surface area contributed by atoms with Gasteiger partial charge in [0.2, 0.25) is 0 Å². The van der Waals surface area contributed by atoms with Crippen LogP contribution in [0.5, 0.6) is 5.75 Å². The number of benzene rings is 1. The van der Waals surface area contributed by atoms with Crippen molar-refractivity contribution in [1.82, 2.24) is 5.32 Å². The van der Waals surface area contributed by atoms with E-state index in [0.717, 1.165) is 25.3 Å². The van der Waals surface area contributed by atoms with Crippen molar-refractivity contribution in [2.45, 2.75) is 58.3 Å². The van der Waals surface area contributed by atoms with Gasteiger partial charge in [0.05, 0.1) is 12.2 Å². The smallest absolute Gasteiger partial charge is 0.119 e. The van der Waals surface area contributed by atoms with E-state index in [1.165, 1.54) is 18.4 Å². The fraction of sp³-hybridized carbons (Fsp3) is 0.647. The summed E-state index contributed by atoms with van der Waals surface area (Å²) in [5.74, 6) is 0.953. The lowest BCUT2D eigenvalue weighted by Crippen LogP contribution is -2.28. The Bertz CT molecular complexity index is 384. The zero-order valence-corrected chi connectivity index (χ0v) is 12.9. The summed E-state index contributed by atoms with van der Waals surface area (Å²) in [5.41, 5.74) is 1.29.